The lowest BCUT2D eigenvalue weighted by molar-refractivity contribution is 0.358. The smallest absolute Gasteiger partial charge is 0.173 e. The van der Waals surface area contributed by atoms with Crippen LogP contribution >= 0.6 is 0 Å². The summed E-state index contributed by atoms with van der Waals surface area (Å²) in [6, 6.07) is 0. The van der Waals surface area contributed by atoms with Gasteiger partial charge in [-0.05, 0) is 6.42 Å². The molecule has 0 aliphatic heterocycles. The van der Waals surface area contributed by atoms with Gasteiger partial charge in [0.15, 0.2) is 9.84 Å². The second kappa shape index (κ2) is 3.85. The molecule has 9 heavy (non-hydrogen) atoms. The second-order valence-corrected chi connectivity index (χ2v) is 4.08. The minimum Gasteiger partial charge on any atom is -0.380 e. The zero-order valence-corrected chi connectivity index (χ0v) is 6.32. The molecule has 3 nitrogen and oxygen atoms in total. The van der Waals surface area contributed by atoms with E-state index in [1.807, 2.05) is 6.92 Å². The monoisotopic (exact) mass is 152 g/mol. The third-order valence-electron chi connectivity index (χ3n) is 1.01. The number of rotatable bonds is 4. The number of sulfone groups is 1. The van der Waals surface area contributed by atoms with Crippen molar-refractivity contribution in [1.29, 1.82) is 0 Å². The number of aliphatic hydroxyl groups is 1. The van der Waals surface area contributed by atoms with Crippen LogP contribution in [0.25, 0.3) is 0 Å². The van der Waals surface area contributed by atoms with Gasteiger partial charge in [0.25, 0.3) is 0 Å². The molecule has 0 heterocycles. The summed E-state index contributed by atoms with van der Waals surface area (Å²) in [4.78, 5) is 0. The average Bonchev–Trinajstić information content (AvgIpc) is 1.84. The van der Waals surface area contributed by atoms with E-state index in [0.29, 0.717) is 6.42 Å². The minimum atomic E-state index is -3.13. The van der Waals surface area contributed by atoms with E-state index < -0.39 is 15.8 Å². The van der Waals surface area contributed by atoms with Crippen LogP contribution in [-0.4, -0.2) is 25.2 Å². The molecule has 0 spiro atoms. The molecule has 56 valence electrons. The Morgan fingerprint density at radius 2 is 2.00 bits per heavy atom. The fourth-order valence-electron chi connectivity index (χ4n) is 0.429. The zero-order valence-electron chi connectivity index (χ0n) is 5.50. The summed E-state index contributed by atoms with van der Waals surface area (Å²) in [5.41, 5.74) is 0. The van der Waals surface area contributed by atoms with E-state index in [4.69, 9.17) is 5.11 Å². The minimum absolute atomic E-state index is 0.111. The van der Waals surface area contributed by atoms with Crippen LogP contribution in [0.2, 0.25) is 0 Å². The van der Waals surface area contributed by atoms with E-state index in [2.05, 4.69) is 0 Å². The van der Waals surface area contributed by atoms with Gasteiger partial charge in [-0.25, -0.2) is 8.42 Å². The summed E-state index contributed by atoms with van der Waals surface area (Å²) in [7, 11) is -3.13. The zero-order chi connectivity index (χ0) is 7.33. The van der Waals surface area contributed by atoms with Crippen molar-refractivity contribution in [1.82, 2.24) is 0 Å². The number of hydrogen-bond donors (Lipinski definition) is 1. The van der Waals surface area contributed by atoms with Crippen LogP contribution in [-0.2, 0) is 9.84 Å². The summed E-state index contributed by atoms with van der Waals surface area (Å²) < 4.78 is 21.0. The molecular formula is C5H12O3S. The van der Waals surface area contributed by atoms with Gasteiger partial charge < -0.3 is 5.11 Å². The van der Waals surface area contributed by atoms with Gasteiger partial charge in [-0.1, -0.05) is 13.3 Å². The standard InChI is InChI=1S/C5H12O3S/c1-2-3-4-9(7,8)5-6/h6H,2-5H2,1H3. The van der Waals surface area contributed by atoms with E-state index in [-0.39, 0.29) is 5.75 Å². The van der Waals surface area contributed by atoms with Crippen molar-refractivity contribution in [2.24, 2.45) is 0 Å². The Kier molecular flexibility index (Phi) is 3.81. The molecule has 0 aromatic rings. The lowest BCUT2D eigenvalue weighted by Crippen LogP contribution is -2.09. The fraction of sp³-hybridized carbons (Fsp3) is 1.00. The van der Waals surface area contributed by atoms with Crippen LogP contribution in [0.3, 0.4) is 0 Å². The third-order valence-corrected chi connectivity index (χ3v) is 2.31. The quantitative estimate of drug-likeness (QED) is 0.624. The highest BCUT2D eigenvalue weighted by Crippen LogP contribution is 1.94. The van der Waals surface area contributed by atoms with Crippen LogP contribution < -0.4 is 0 Å². The Morgan fingerprint density at radius 1 is 1.44 bits per heavy atom. The predicted molar refractivity (Wildman–Crippen MR) is 35.8 cm³/mol. The van der Waals surface area contributed by atoms with Gasteiger partial charge in [0.2, 0.25) is 0 Å². The van der Waals surface area contributed by atoms with Gasteiger partial charge in [-0.2, -0.15) is 0 Å². The first-order chi connectivity index (χ1) is 4.12. The van der Waals surface area contributed by atoms with Crippen molar-refractivity contribution in [2.75, 3.05) is 11.7 Å². The molecule has 0 saturated carbocycles. The Bertz CT molecular complexity index is 148. The Morgan fingerprint density at radius 3 is 2.33 bits per heavy atom. The molecule has 0 rings (SSSR count). The Labute approximate surface area is 55.6 Å². The first-order valence-corrected chi connectivity index (χ1v) is 4.76. The molecule has 0 fully saturated rings. The molecule has 0 saturated heterocycles. The summed E-state index contributed by atoms with van der Waals surface area (Å²) in [6.07, 6.45) is 1.49. The predicted octanol–water partition coefficient (Wildman–Crippen LogP) is 0.151. The van der Waals surface area contributed by atoms with E-state index in [1.54, 1.807) is 0 Å². The molecule has 0 unspecified atom stereocenters. The highest BCUT2D eigenvalue weighted by molar-refractivity contribution is 7.91. The highest BCUT2D eigenvalue weighted by atomic mass is 32.2. The van der Waals surface area contributed by atoms with Crippen molar-refractivity contribution in [3.05, 3.63) is 0 Å². The van der Waals surface area contributed by atoms with Crippen molar-refractivity contribution >= 4 is 9.84 Å². The first kappa shape index (κ1) is 8.91. The van der Waals surface area contributed by atoms with Crippen LogP contribution in [0, 0.1) is 0 Å². The largest absolute Gasteiger partial charge is 0.380 e. The van der Waals surface area contributed by atoms with Crippen molar-refractivity contribution in [2.45, 2.75) is 19.8 Å². The Hall–Kier alpha value is -0.0900. The molecular weight excluding hydrogens is 140 g/mol. The van der Waals surface area contributed by atoms with Gasteiger partial charge in [0, 0.05) is 0 Å². The maximum atomic E-state index is 10.5. The molecule has 1 N–H and O–H groups in total. The van der Waals surface area contributed by atoms with Crippen LogP contribution in [0.15, 0.2) is 0 Å². The molecule has 0 atom stereocenters. The summed E-state index contributed by atoms with van der Waals surface area (Å²) in [5.74, 6) is -0.604. The summed E-state index contributed by atoms with van der Waals surface area (Å²) >= 11 is 0. The maximum Gasteiger partial charge on any atom is 0.173 e. The SMILES string of the molecule is CCCCS(=O)(=O)CO. The maximum absolute atomic E-state index is 10.5. The van der Waals surface area contributed by atoms with Crippen molar-refractivity contribution < 1.29 is 13.5 Å². The third kappa shape index (κ3) is 4.42. The molecule has 0 aliphatic rings. The highest BCUT2D eigenvalue weighted by Gasteiger charge is 2.05. The van der Waals surface area contributed by atoms with Gasteiger partial charge in [0.05, 0.1) is 5.75 Å². The lowest BCUT2D eigenvalue weighted by atomic mass is 10.4. The lowest BCUT2D eigenvalue weighted by Gasteiger charge is -1.95. The van der Waals surface area contributed by atoms with Gasteiger partial charge in [0.1, 0.15) is 5.94 Å². The van der Waals surface area contributed by atoms with Crippen molar-refractivity contribution in [3.8, 4) is 0 Å². The number of unbranched alkanes of at least 4 members (excludes halogenated alkanes) is 1. The molecule has 0 aromatic heterocycles. The van der Waals surface area contributed by atoms with Crippen LogP contribution in [0.5, 0.6) is 0 Å². The molecule has 0 bridgehead atoms. The molecule has 0 amide bonds. The molecule has 0 aliphatic carbocycles. The topological polar surface area (TPSA) is 54.4 Å². The van der Waals surface area contributed by atoms with E-state index in [9.17, 15) is 8.42 Å². The first-order valence-electron chi connectivity index (χ1n) is 2.93. The molecule has 0 radical (unpaired) electrons. The van der Waals surface area contributed by atoms with Gasteiger partial charge in [-0.15, -0.1) is 0 Å². The Balaban J connectivity index is 3.61. The normalized spacial score (nSPS) is 11.8. The van der Waals surface area contributed by atoms with E-state index in [0.717, 1.165) is 6.42 Å². The van der Waals surface area contributed by atoms with Crippen LogP contribution in [0.1, 0.15) is 19.8 Å². The fourth-order valence-corrected chi connectivity index (χ4v) is 1.29. The average molecular weight is 152 g/mol. The molecule has 0 aromatic carbocycles. The second-order valence-electron chi connectivity index (χ2n) is 1.93. The van der Waals surface area contributed by atoms with E-state index >= 15 is 0 Å². The van der Waals surface area contributed by atoms with Gasteiger partial charge in [-0.3, -0.25) is 0 Å². The number of aliphatic hydroxyl groups excluding tert-OH is 1. The summed E-state index contributed by atoms with van der Waals surface area (Å²) in [6.45, 7) is 1.91. The van der Waals surface area contributed by atoms with Crippen molar-refractivity contribution in [3.63, 3.8) is 0 Å². The number of hydrogen-bond acceptors (Lipinski definition) is 3. The van der Waals surface area contributed by atoms with Crippen LogP contribution in [0.4, 0.5) is 0 Å². The summed E-state index contributed by atoms with van der Waals surface area (Å²) in [5, 5.41) is 8.23. The van der Waals surface area contributed by atoms with E-state index in [1.165, 1.54) is 0 Å². The molecule has 4 heteroatoms. The van der Waals surface area contributed by atoms with Gasteiger partial charge >= 0.3 is 0 Å².